The van der Waals surface area contributed by atoms with Gasteiger partial charge in [-0.2, -0.15) is 5.26 Å². The van der Waals surface area contributed by atoms with Gasteiger partial charge in [0.05, 0.1) is 47.2 Å². The molecule has 0 bridgehead atoms. The maximum atomic E-state index is 13.1. The zero-order valence-electron chi connectivity index (χ0n) is 23.2. The minimum Gasteiger partial charge on any atom is -0.495 e. The predicted molar refractivity (Wildman–Crippen MR) is 170 cm³/mol. The van der Waals surface area contributed by atoms with Crippen LogP contribution in [0.5, 0.6) is 5.75 Å². The summed E-state index contributed by atoms with van der Waals surface area (Å²) in [6.45, 7) is 3.24. The SMILES string of the molecule is COc1ccccc1NC(=S)N(Cc1cccc(Cl)c1Cl)C[C@H](C)NC(=O)Cc1cncn1Cc1ccc(C#N)cc1. The van der Waals surface area contributed by atoms with Crippen LogP contribution in [0.1, 0.15) is 29.3 Å². The number of nitrogens with zero attached hydrogens (tertiary/aromatic N) is 4. The van der Waals surface area contributed by atoms with Crippen molar-refractivity contribution in [3.8, 4) is 11.8 Å². The van der Waals surface area contributed by atoms with Crippen molar-refractivity contribution in [3.05, 3.63) is 112 Å². The number of nitriles is 1. The minimum atomic E-state index is -0.261. The molecule has 3 aromatic carbocycles. The van der Waals surface area contributed by atoms with Gasteiger partial charge in [0.25, 0.3) is 0 Å². The van der Waals surface area contributed by atoms with Gasteiger partial charge < -0.3 is 24.8 Å². The highest BCUT2D eigenvalue weighted by Gasteiger charge is 2.19. The molecule has 0 saturated heterocycles. The summed E-state index contributed by atoms with van der Waals surface area (Å²) in [5, 5.41) is 16.7. The van der Waals surface area contributed by atoms with Gasteiger partial charge in [0.15, 0.2) is 5.11 Å². The first-order valence-corrected chi connectivity index (χ1v) is 14.3. The lowest BCUT2D eigenvalue weighted by Gasteiger charge is -2.30. The zero-order valence-corrected chi connectivity index (χ0v) is 25.5. The van der Waals surface area contributed by atoms with E-state index in [2.05, 4.69) is 21.7 Å². The topological polar surface area (TPSA) is 95.2 Å². The maximum Gasteiger partial charge on any atom is 0.226 e. The van der Waals surface area contributed by atoms with Crippen LogP contribution in [0.4, 0.5) is 5.69 Å². The van der Waals surface area contributed by atoms with Crippen LogP contribution in [0.25, 0.3) is 0 Å². The molecule has 11 heteroatoms. The molecule has 0 saturated carbocycles. The Hall–Kier alpha value is -4.10. The normalized spacial score (nSPS) is 11.3. The van der Waals surface area contributed by atoms with Crippen molar-refractivity contribution in [2.45, 2.75) is 32.5 Å². The third-order valence-electron chi connectivity index (χ3n) is 6.51. The fourth-order valence-corrected chi connectivity index (χ4v) is 5.05. The summed E-state index contributed by atoms with van der Waals surface area (Å²) in [7, 11) is 1.60. The van der Waals surface area contributed by atoms with Crippen LogP contribution in [0.3, 0.4) is 0 Å². The summed E-state index contributed by atoms with van der Waals surface area (Å²) in [5.41, 5.74) is 3.91. The van der Waals surface area contributed by atoms with Crippen LogP contribution >= 0.6 is 35.4 Å². The fraction of sp³-hybridized carbons (Fsp3) is 0.226. The second-order valence-electron chi connectivity index (χ2n) is 9.69. The van der Waals surface area contributed by atoms with E-state index < -0.39 is 0 Å². The van der Waals surface area contributed by atoms with E-state index in [1.54, 1.807) is 37.8 Å². The van der Waals surface area contributed by atoms with Gasteiger partial charge >= 0.3 is 0 Å². The molecule has 2 N–H and O–H groups in total. The molecule has 0 aliphatic rings. The molecule has 4 aromatic rings. The number of anilines is 1. The summed E-state index contributed by atoms with van der Waals surface area (Å²) in [4.78, 5) is 19.2. The highest BCUT2D eigenvalue weighted by molar-refractivity contribution is 7.80. The molecule has 1 aromatic heterocycles. The van der Waals surface area contributed by atoms with Crippen molar-refractivity contribution in [1.82, 2.24) is 19.8 Å². The smallest absolute Gasteiger partial charge is 0.226 e. The number of imidazole rings is 1. The number of hydrogen-bond donors (Lipinski definition) is 2. The van der Waals surface area contributed by atoms with Crippen LogP contribution in [0, 0.1) is 11.3 Å². The van der Waals surface area contributed by atoms with Crippen molar-refractivity contribution in [2.24, 2.45) is 0 Å². The van der Waals surface area contributed by atoms with Crippen molar-refractivity contribution in [3.63, 3.8) is 0 Å². The number of halogens is 2. The second kappa shape index (κ2) is 14.7. The summed E-state index contributed by atoms with van der Waals surface area (Å²) in [5.74, 6) is 0.507. The number of para-hydroxylation sites is 2. The molecule has 0 unspecified atom stereocenters. The average Bonchev–Trinajstić information content (AvgIpc) is 3.41. The Morgan fingerprint density at radius 1 is 1.14 bits per heavy atom. The summed E-state index contributed by atoms with van der Waals surface area (Å²) in [6.07, 6.45) is 3.54. The second-order valence-corrected chi connectivity index (χ2v) is 10.9. The summed E-state index contributed by atoms with van der Waals surface area (Å²) >= 11 is 18.6. The number of amides is 1. The monoisotopic (exact) mass is 620 g/mol. The molecule has 0 fully saturated rings. The lowest BCUT2D eigenvalue weighted by Crippen LogP contribution is -2.45. The van der Waals surface area contributed by atoms with Gasteiger partial charge in [0, 0.05) is 37.6 Å². The number of benzene rings is 3. The van der Waals surface area contributed by atoms with Gasteiger partial charge in [0.2, 0.25) is 5.91 Å². The molecular weight excluding hydrogens is 591 g/mol. The number of rotatable bonds is 11. The maximum absolute atomic E-state index is 13.1. The Kier molecular flexibility index (Phi) is 10.8. The van der Waals surface area contributed by atoms with Gasteiger partial charge in [-0.25, -0.2) is 4.98 Å². The molecule has 0 aliphatic carbocycles. The number of methoxy groups -OCH3 is 1. The first-order valence-electron chi connectivity index (χ1n) is 13.2. The number of hydrogen-bond acceptors (Lipinski definition) is 5. The van der Waals surface area contributed by atoms with Crippen molar-refractivity contribution in [2.75, 3.05) is 19.0 Å². The number of ether oxygens (including phenoxy) is 1. The van der Waals surface area contributed by atoms with Crippen molar-refractivity contribution < 1.29 is 9.53 Å². The lowest BCUT2D eigenvalue weighted by atomic mass is 10.1. The highest BCUT2D eigenvalue weighted by atomic mass is 35.5. The number of carbonyl (C=O) groups is 1. The molecule has 8 nitrogen and oxygen atoms in total. The van der Waals surface area contributed by atoms with Gasteiger partial charge in [-0.1, -0.05) is 59.6 Å². The van der Waals surface area contributed by atoms with E-state index in [1.165, 1.54) is 0 Å². The molecular formula is C31H30Cl2N6O2S. The number of thiocarbonyl (C=S) groups is 1. The molecule has 0 radical (unpaired) electrons. The fourth-order valence-electron chi connectivity index (χ4n) is 4.42. The van der Waals surface area contributed by atoms with E-state index in [1.807, 2.05) is 64.9 Å². The number of aromatic nitrogens is 2. The van der Waals surface area contributed by atoms with Crippen LogP contribution < -0.4 is 15.4 Å². The minimum absolute atomic E-state index is 0.145. The van der Waals surface area contributed by atoms with E-state index in [9.17, 15) is 4.79 Å². The highest BCUT2D eigenvalue weighted by Crippen LogP contribution is 2.28. The van der Waals surface area contributed by atoms with Crippen LogP contribution in [0.2, 0.25) is 10.0 Å². The first-order chi connectivity index (χ1) is 20.3. The number of carbonyl (C=O) groups excluding carboxylic acids is 1. The Morgan fingerprint density at radius 2 is 1.90 bits per heavy atom. The van der Waals surface area contributed by atoms with E-state index in [-0.39, 0.29) is 18.4 Å². The van der Waals surface area contributed by atoms with E-state index in [4.69, 9.17) is 45.4 Å². The van der Waals surface area contributed by atoms with E-state index in [0.29, 0.717) is 46.1 Å². The predicted octanol–water partition coefficient (Wildman–Crippen LogP) is 6.06. The molecule has 1 atom stereocenters. The van der Waals surface area contributed by atoms with Gasteiger partial charge in [-0.05, 0) is 60.6 Å². The third-order valence-corrected chi connectivity index (χ3v) is 7.72. The summed E-state index contributed by atoms with van der Waals surface area (Å²) in [6, 6.07) is 22.2. The standard InChI is InChI=1S/C31H30Cl2N6O2S/c1-21(36-29(40)14-25-16-35-20-39(25)18-23-12-10-22(15-34)11-13-23)17-38(19-24-6-5-7-26(32)30(24)33)31(42)37-27-8-3-4-9-28(27)41-2/h3-13,16,20-21H,14,17-19H2,1-2H3,(H,36,40)(H,37,42)/t21-/m0/s1. The Morgan fingerprint density at radius 3 is 2.64 bits per heavy atom. The summed E-state index contributed by atoms with van der Waals surface area (Å²) < 4.78 is 7.39. The average molecular weight is 622 g/mol. The molecule has 0 aliphatic heterocycles. The molecule has 42 heavy (non-hydrogen) atoms. The Balaban J connectivity index is 1.43. The molecule has 216 valence electrons. The molecule has 4 rings (SSSR count). The number of nitrogens with one attached hydrogen (secondary N) is 2. The first kappa shape index (κ1) is 30.8. The molecule has 1 amide bonds. The lowest BCUT2D eigenvalue weighted by molar-refractivity contribution is -0.121. The van der Waals surface area contributed by atoms with Gasteiger partial charge in [-0.15, -0.1) is 0 Å². The largest absolute Gasteiger partial charge is 0.495 e. The molecule has 0 spiro atoms. The molecule has 1 heterocycles. The van der Waals surface area contributed by atoms with Crippen molar-refractivity contribution >= 4 is 52.1 Å². The third kappa shape index (κ3) is 8.23. The quantitative estimate of drug-likeness (QED) is 0.197. The van der Waals surface area contributed by atoms with Crippen LogP contribution in [-0.4, -0.2) is 45.2 Å². The van der Waals surface area contributed by atoms with Gasteiger partial charge in [-0.3, -0.25) is 4.79 Å². The van der Waals surface area contributed by atoms with Crippen LogP contribution in [0.15, 0.2) is 79.3 Å². The Bertz CT molecular complexity index is 1590. The van der Waals surface area contributed by atoms with E-state index >= 15 is 0 Å². The Labute approximate surface area is 260 Å². The van der Waals surface area contributed by atoms with Crippen molar-refractivity contribution in [1.29, 1.82) is 5.26 Å². The van der Waals surface area contributed by atoms with Gasteiger partial charge in [0.1, 0.15) is 5.75 Å². The zero-order chi connectivity index (χ0) is 30.1. The van der Waals surface area contributed by atoms with E-state index in [0.717, 1.165) is 22.5 Å². The van der Waals surface area contributed by atoms with Crippen LogP contribution in [-0.2, 0) is 24.3 Å².